The van der Waals surface area contributed by atoms with Crippen molar-refractivity contribution in [3.8, 4) is 16.9 Å². The highest BCUT2D eigenvalue weighted by atomic mass is 19.1. The van der Waals surface area contributed by atoms with E-state index in [1.54, 1.807) is 25.1 Å². The number of hydrogen-bond acceptors (Lipinski definition) is 1. The molecule has 0 saturated carbocycles. The topological polar surface area (TPSA) is 9.23 Å². The van der Waals surface area contributed by atoms with Gasteiger partial charge in [0.15, 0.2) is 11.6 Å². The number of rotatable bonds is 2. The first-order chi connectivity index (χ1) is 9.08. The van der Waals surface area contributed by atoms with Crippen LogP contribution in [0, 0.1) is 11.6 Å². The zero-order valence-corrected chi connectivity index (χ0v) is 10.5. The first-order valence-electron chi connectivity index (χ1n) is 6.00. The van der Waals surface area contributed by atoms with E-state index in [2.05, 4.69) is 6.58 Å². The Kier molecular flexibility index (Phi) is 2.63. The summed E-state index contributed by atoms with van der Waals surface area (Å²) in [5.41, 5.74) is 2.53. The molecule has 1 aliphatic rings. The van der Waals surface area contributed by atoms with Gasteiger partial charge in [0, 0.05) is 17.5 Å². The van der Waals surface area contributed by atoms with Crippen LogP contribution in [0.2, 0.25) is 0 Å². The predicted molar refractivity (Wildman–Crippen MR) is 70.0 cm³/mol. The molecule has 0 spiro atoms. The van der Waals surface area contributed by atoms with Crippen molar-refractivity contribution in [1.29, 1.82) is 0 Å². The predicted octanol–water partition coefficient (Wildman–Crippen LogP) is 4.45. The van der Waals surface area contributed by atoms with Crippen molar-refractivity contribution in [3.05, 3.63) is 65.4 Å². The average molecular weight is 258 g/mol. The normalized spacial score (nSPS) is 11.9. The van der Waals surface area contributed by atoms with Crippen molar-refractivity contribution in [3.63, 3.8) is 0 Å². The van der Waals surface area contributed by atoms with Crippen LogP contribution in [0.5, 0.6) is 5.75 Å². The average Bonchev–Trinajstić information content (AvgIpc) is 2.73. The maximum Gasteiger partial charge on any atom is 0.169 e. The van der Waals surface area contributed by atoms with Crippen LogP contribution in [0.1, 0.15) is 18.1 Å². The number of halogens is 2. The van der Waals surface area contributed by atoms with Gasteiger partial charge in [-0.15, -0.1) is 0 Å². The number of ether oxygens (including phenoxy) is 1. The number of allylic oxidation sites excluding steroid dienone is 1. The summed E-state index contributed by atoms with van der Waals surface area (Å²) in [6, 6.07) is 8.17. The van der Waals surface area contributed by atoms with Gasteiger partial charge in [-0.05, 0) is 30.2 Å². The molecule has 0 N–H and O–H groups in total. The highest BCUT2D eigenvalue weighted by Crippen LogP contribution is 2.41. The smallest absolute Gasteiger partial charge is 0.169 e. The standard InChI is InChI=1S/C16H12F2O/c1-9(2)19-15-7-6-11-10-4-3-5-14(17)12(10)8-13(11)16(15)18/h3-7H,1,8H2,2H3. The summed E-state index contributed by atoms with van der Waals surface area (Å²) in [7, 11) is 0. The lowest BCUT2D eigenvalue weighted by Crippen LogP contribution is -1.96. The Morgan fingerprint density at radius 1 is 1.11 bits per heavy atom. The molecule has 0 radical (unpaired) electrons. The van der Waals surface area contributed by atoms with Crippen LogP contribution in [0.3, 0.4) is 0 Å². The van der Waals surface area contributed by atoms with Gasteiger partial charge in [-0.2, -0.15) is 0 Å². The molecule has 2 aromatic rings. The first kappa shape index (κ1) is 11.9. The Hall–Kier alpha value is -2.16. The summed E-state index contributed by atoms with van der Waals surface area (Å²) in [5.74, 6) is -0.174. The minimum atomic E-state index is -0.434. The molecule has 96 valence electrons. The molecule has 0 saturated heterocycles. The van der Waals surface area contributed by atoms with Gasteiger partial charge in [0.05, 0.1) is 5.76 Å². The summed E-state index contributed by atoms with van der Waals surface area (Å²) in [6.07, 6.45) is 0.260. The molecule has 0 bridgehead atoms. The SMILES string of the molecule is C=C(C)Oc1ccc2c(c1F)Cc1c(F)cccc1-2. The Balaban J connectivity index is 2.14. The van der Waals surface area contributed by atoms with Gasteiger partial charge in [0.1, 0.15) is 5.82 Å². The van der Waals surface area contributed by atoms with E-state index in [9.17, 15) is 8.78 Å². The molecule has 0 atom stereocenters. The van der Waals surface area contributed by atoms with Gasteiger partial charge in [-0.25, -0.2) is 8.78 Å². The lowest BCUT2D eigenvalue weighted by Gasteiger charge is -2.09. The van der Waals surface area contributed by atoms with Crippen molar-refractivity contribution in [2.45, 2.75) is 13.3 Å². The molecule has 0 heterocycles. The molecular formula is C16H12F2O. The molecule has 0 fully saturated rings. The Labute approximate surface area is 110 Å². The third kappa shape index (κ3) is 1.82. The van der Waals surface area contributed by atoms with Gasteiger partial charge >= 0.3 is 0 Å². The van der Waals surface area contributed by atoms with Crippen LogP contribution >= 0.6 is 0 Å². The van der Waals surface area contributed by atoms with Crippen molar-refractivity contribution < 1.29 is 13.5 Å². The van der Waals surface area contributed by atoms with Crippen molar-refractivity contribution in [2.24, 2.45) is 0 Å². The molecule has 1 nitrogen and oxygen atoms in total. The zero-order chi connectivity index (χ0) is 13.6. The fraction of sp³-hybridized carbons (Fsp3) is 0.125. The van der Waals surface area contributed by atoms with Crippen molar-refractivity contribution >= 4 is 0 Å². The lowest BCUT2D eigenvalue weighted by atomic mass is 10.1. The van der Waals surface area contributed by atoms with E-state index >= 15 is 0 Å². The van der Waals surface area contributed by atoms with Crippen LogP contribution in [0.15, 0.2) is 42.7 Å². The Bertz CT molecular complexity index is 689. The molecule has 0 unspecified atom stereocenters. The van der Waals surface area contributed by atoms with E-state index in [0.29, 0.717) is 16.9 Å². The first-order valence-corrected chi connectivity index (χ1v) is 6.00. The fourth-order valence-electron chi connectivity index (χ4n) is 2.46. The van der Waals surface area contributed by atoms with Crippen molar-refractivity contribution in [1.82, 2.24) is 0 Å². The second kappa shape index (κ2) is 4.19. The number of hydrogen-bond donors (Lipinski definition) is 0. The van der Waals surface area contributed by atoms with Crippen LogP contribution in [-0.4, -0.2) is 0 Å². The quantitative estimate of drug-likeness (QED) is 0.617. The van der Waals surface area contributed by atoms with Crippen LogP contribution in [0.25, 0.3) is 11.1 Å². The summed E-state index contributed by atoms with van der Waals surface area (Å²) in [4.78, 5) is 0. The van der Waals surface area contributed by atoms with Gasteiger partial charge in [-0.3, -0.25) is 0 Å². The van der Waals surface area contributed by atoms with E-state index in [4.69, 9.17) is 4.74 Å². The van der Waals surface area contributed by atoms with E-state index in [-0.39, 0.29) is 18.0 Å². The molecule has 3 heteroatoms. The molecule has 2 aromatic carbocycles. The maximum atomic E-state index is 14.3. The molecule has 0 amide bonds. The Morgan fingerprint density at radius 2 is 1.84 bits per heavy atom. The van der Waals surface area contributed by atoms with E-state index < -0.39 is 5.82 Å². The lowest BCUT2D eigenvalue weighted by molar-refractivity contribution is 0.399. The van der Waals surface area contributed by atoms with Crippen LogP contribution < -0.4 is 4.74 Å². The summed E-state index contributed by atoms with van der Waals surface area (Å²) in [6.45, 7) is 5.24. The van der Waals surface area contributed by atoms with Gasteiger partial charge in [-0.1, -0.05) is 24.8 Å². The van der Waals surface area contributed by atoms with Gasteiger partial charge in [0.25, 0.3) is 0 Å². The van der Waals surface area contributed by atoms with Crippen LogP contribution in [-0.2, 0) is 6.42 Å². The van der Waals surface area contributed by atoms with Crippen LogP contribution in [0.4, 0.5) is 8.78 Å². The second-order valence-corrected chi connectivity index (χ2v) is 4.65. The maximum absolute atomic E-state index is 14.3. The third-order valence-electron chi connectivity index (χ3n) is 3.25. The summed E-state index contributed by atoms with van der Waals surface area (Å²) in [5, 5.41) is 0. The molecule has 19 heavy (non-hydrogen) atoms. The minimum absolute atomic E-state index is 0.138. The molecule has 3 rings (SSSR count). The van der Waals surface area contributed by atoms with Gasteiger partial charge < -0.3 is 4.74 Å². The number of benzene rings is 2. The highest BCUT2D eigenvalue weighted by Gasteiger charge is 2.26. The Morgan fingerprint density at radius 3 is 2.58 bits per heavy atom. The molecule has 1 aliphatic carbocycles. The highest BCUT2D eigenvalue weighted by molar-refractivity contribution is 5.77. The number of fused-ring (bicyclic) bond motifs is 3. The largest absolute Gasteiger partial charge is 0.460 e. The zero-order valence-electron chi connectivity index (χ0n) is 10.5. The van der Waals surface area contributed by atoms with E-state index in [1.165, 1.54) is 6.07 Å². The molecular weight excluding hydrogens is 246 g/mol. The fourth-order valence-corrected chi connectivity index (χ4v) is 2.46. The van der Waals surface area contributed by atoms with Gasteiger partial charge in [0.2, 0.25) is 0 Å². The van der Waals surface area contributed by atoms with Crippen molar-refractivity contribution in [2.75, 3.05) is 0 Å². The summed E-state index contributed by atoms with van der Waals surface area (Å²) >= 11 is 0. The third-order valence-corrected chi connectivity index (χ3v) is 3.25. The van der Waals surface area contributed by atoms with E-state index in [1.807, 2.05) is 6.07 Å². The minimum Gasteiger partial charge on any atom is -0.460 e. The summed E-state index contributed by atoms with van der Waals surface area (Å²) < 4.78 is 33.3. The monoisotopic (exact) mass is 258 g/mol. The molecule has 0 aromatic heterocycles. The van der Waals surface area contributed by atoms with E-state index in [0.717, 1.165) is 11.1 Å². The molecule has 0 aliphatic heterocycles. The second-order valence-electron chi connectivity index (χ2n) is 4.65.